The molecule has 0 amide bonds. The molecule has 2 heterocycles. The number of aromatic nitrogens is 5. The molecular weight excluding hydrogens is 260 g/mol. The summed E-state index contributed by atoms with van der Waals surface area (Å²) in [6, 6.07) is 0.183. The van der Waals surface area contributed by atoms with Crippen molar-refractivity contribution in [2.24, 2.45) is 5.73 Å². The van der Waals surface area contributed by atoms with Gasteiger partial charge in [-0.1, -0.05) is 17.8 Å². The second-order valence-electron chi connectivity index (χ2n) is 4.86. The molecule has 0 aliphatic heterocycles. The minimum atomic E-state index is -0.108. The number of rotatable bonds is 6. The van der Waals surface area contributed by atoms with Crippen molar-refractivity contribution in [1.29, 1.82) is 0 Å². The Morgan fingerprint density at radius 1 is 1.42 bits per heavy atom. The van der Waals surface area contributed by atoms with E-state index in [1.165, 1.54) is 11.5 Å². The van der Waals surface area contributed by atoms with Gasteiger partial charge in [-0.15, -0.1) is 5.10 Å². The van der Waals surface area contributed by atoms with Crippen molar-refractivity contribution in [3.8, 4) is 0 Å². The molecule has 104 valence electrons. The first-order valence-electron chi connectivity index (χ1n) is 6.58. The van der Waals surface area contributed by atoms with Crippen molar-refractivity contribution in [2.45, 2.75) is 52.1 Å². The maximum atomic E-state index is 6.28. The summed E-state index contributed by atoms with van der Waals surface area (Å²) in [4.78, 5) is 5.37. The van der Waals surface area contributed by atoms with Crippen LogP contribution in [0.3, 0.4) is 0 Å². The Morgan fingerprint density at radius 3 is 2.89 bits per heavy atom. The second-order valence-corrected chi connectivity index (χ2v) is 5.64. The van der Waals surface area contributed by atoms with Crippen LogP contribution in [-0.4, -0.2) is 24.4 Å². The molecule has 0 bridgehead atoms. The lowest BCUT2D eigenvalue weighted by Gasteiger charge is -2.13. The first-order valence-corrected chi connectivity index (χ1v) is 7.35. The van der Waals surface area contributed by atoms with Gasteiger partial charge < -0.3 is 5.73 Å². The smallest absolute Gasteiger partial charge is 0.138 e. The van der Waals surface area contributed by atoms with Crippen LogP contribution < -0.4 is 5.73 Å². The molecular formula is C12H20N6S. The molecule has 0 aliphatic rings. The number of nitrogens with zero attached hydrogens (tertiary/aromatic N) is 5. The third kappa shape index (κ3) is 3.16. The minimum Gasteiger partial charge on any atom is -0.323 e. The third-order valence-electron chi connectivity index (χ3n) is 2.95. The van der Waals surface area contributed by atoms with Crippen LogP contribution in [0.15, 0.2) is 6.33 Å². The molecule has 19 heavy (non-hydrogen) atoms. The third-order valence-corrected chi connectivity index (χ3v) is 3.85. The Bertz CT molecular complexity index is 518. The maximum Gasteiger partial charge on any atom is 0.138 e. The van der Waals surface area contributed by atoms with Gasteiger partial charge in [0.15, 0.2) is 0 Å². The zero-order valence-electron chi connectivity index (χ0n) is 11.6. The van der Waals surface area contributed by atoms with Gasteiger partial charge in [0.05, 0.1) is 10.6 Å². The Labute approximate surface area is 117 Å². The van der Waals surface area contributed by atoms with Crippen molar-refractivity contribution in [1.82, 2.24) is 24.4 Å². The van der Waals surface area contributed by atoms with E-state index in [0.717, 1.165) is 29.2 Å². The highest BCUT2D eigenvalue weighted by molar-refractivity contribution is 7.05. The first kappa shape index (κ1) is 14.1. The maximum absolute atomic E-state index is 6.28. The van der Waals surface area contributed by atoms with Crippen molar-refractivity contribution >= 4 is 11.5 Å². The van der Waals surface area contributed by atoms with Crippen molar-refractivity contribution in [3.63, 3.8) is 0 Å². The summed E-state index contributed by atoms with van der Waals surface area (Å²) in [6.07, 6.45) is 4.22. The molecule has 2 aromatic rings. The molecule has 2 aromatic heterocycles. The van der Waals surface area contributed by atoms with E-state index in [1.807, 2.05) is 4.68 Å². The Kier molecular flexibility index (Phi) is 4.60. The quantitative estimate of drug-likeness (QED) is 0.874. The van der Waals surface area contributed by atoms with E-state index >= 15 is 0 Å². The molecule has 0 saturated carbocycles. The summed E-state index contributed by atoms with van der Waals surface area (Å²) < 4.78 is 5.93. The Hall–Kier alpha value is -1.34. The van der Waals surface area contributed by atoms with Gasteiger partial charge in [0.2, 0.25) is 0 Å². The van der Waals surface area contributed by atoms with Crippen LogP contribution in [0, 0.1) is 0 Å². The molecule has 7 heteroatoms. The van der Waals surface area contributed by atoms with E-state index < -0.39 is 0 Å². The fourth-order valence-corrected chi connectivity index (χ4v) is 2.74. The van der Waals surface area contributed by atoms with E-state index in [4.69, 9.17) is 5.73 Å². The Balaban J connectivity index is 2.14. The minimum absolute atomic E-state index is 0.108. The van der Waals surface area contributed by atoms with E-state index in [-0.39, 0.29) is 6.04 Å². The average molecular weight is 280 g/mol. The van der Waals surface area contributed by atoms with Crippen LogP contribution in [0.1, 0.15) is 55.7 Å². The monoisotopic (exact) mass is 280 g/mol. The molecule has 2 N–H and O–H groups in total. The van der Waals surface area contributed by atoms with Gasteiger partial charge in [-0.3, -0.25) is 0 Å². The van der Waals surface area contributed by atoms with Gasteiger partial charge in [0, 0.05) is 18.5 Å². The lowest BCUT2D eigenvalue weighted by atomic mass is 10.1. The predicted molar refractivity (Wildman–Crippen MR) is 74.9 cm³/mol. The van der Waals surface area contributed by atoms with Crippen molar-refractivity contribution in [2.75, 3.05) is 0 Å². The van der Waals surface area contributed by atoms with Gasteiger partial charge in [0.1, 0.15) is 12.2 Å². The lowest BCUT2D eigenvalue weighted by molar-refractivity contribution is 0.493. The van der Waals surface area contributed by atoms with E-state index in [2.05, 4.69) is 40.4 Å². The summed E-state index contributed by atoms with van der Waals surface area (Å²) in [5.74, 6) is 0.915. The molecule has 6 nitrogen and oxygen atoms in total. The molecule has 0 saturated heterocycles. The topological polar surface area (TPSA) is 82.5 Å². The van der Waals surface area contributed by atoms with E-state index in [9.17, 15) is 0 Å². The molecule has 0 fully saturated rings. The van der Waals surface area contributed by atoms with Crippen molar-refractivity contribution < 1.29 is 0 Å². The van der Waals surface area contributed by atoms with Gasteiger partial charge in [0.25, 0.3) is 0 Å². The van der Waals surface area contributed by atoms with Gasteiger partial charge in [-0.25, -0.2) is 9.67 Å². The highest BCUT2D eigenvalue weighted by Crippen LogP contribution is 2.23. The van der Waals surface area contributed by atoms with Gasteiger partial charge in [-0.05, 0) is 31.8 Å². The van der Waals surface area contributed by atoms with Crippen LogP contribution in [-0.2, 0) is 12.8 Å². The van der Waals surface area contributed by atoms with Crippen LogP contribution >= 0.6 is 11.5 Å². The number of aryl methyl sites for hydroxylation is 1. The largest absolute Gasteiger partial charge is 0.323 e. The molecule has 0 aliphatic carbocycles. The lowest BCUT2D eigenvalue weighted by Crippen LogP contribution is -2.18. The van der Waals surface area contributed by atoms with Crippen LogP contribution in [0.4, 0.5) is 0 Å². The van der Waals surface area contributed by atoms with Crippen LogP contribution in [0.2, 0.25) is 0 Å². The fourth-order valence-electron chi connectivity index (χ4n) is 2.05. The standard InChI is InChI=1S/C12H20N6S/c1-4-5-10-12(19-17-16-10)9(13)6-11-14-7-15-18(11)8(2)3/h7-9H,4-6,13H2,1-3H3. The molecule has 0 spiro atoms. The summed E-state index contributed by atoms with van der Waals surface area (Å²) in [6.45, 7) is 6.30. The predicted octanol–water partition coefficient (Wildman–Crippen LogP) is 1.91. The van der Waals surface area contributed by atoms with Crippen LogP contribution in [0.25, 0.3) is 0 Å². The molecule has 1 atom stereocenters. The Morgan fingerprint density at radius 2 is 2.21 bits per heavy atom. The summed E-state index contributed by atoms with van der Waals surface area (Å²) in [5.41, 5.74) is 7.30. The number of hydrogen-bond acceptors (Lipinski definition) is 6. The first-order chi connectivity index (χ1) is 9.13. The molecule has 0 radical (unpaired) electrons. The van der Waals surface area contributed by atoms with Crippen molar-refractivity contribution in [3.05, 3.63) is 22.7 Å². The SMILES string of the molecule is CCCc1nnsc1C(N)Cc1ncnn1C(C)C. The van der Waals surface area contributed by atoms with Gasteiger partial charge in [-0.2, -0.15) is 5.10 Å². The second kappa shape index (κ2) is 6.21. The van der Waals surface area contributed by atoms with E-state index in [0.29, 0.717) is 12.5 Å². The molecule has 2 rings (SSSR count). The number of hydrogen-bond donors (Lipinski definition) is 1. The average Bonchev–Trinajstić information content (AvgIpc) is 2.98. The summed E-state index contributed by atoms with van der Waals surface area (Å²) in [7, 11) is 0. The summed E-state index contributed by atoms with van der Waals surface area (Å²) in [5, 5.41) is 8.39. The van der Waals surface area contributed by atoms with Gasteiger partial charge >= 0.3 is 0 Å². The number of nitrogens with two attached hydrogens (primary N) is 1. The fraction of sp³-hybridized carbons (Fsp3) is 0.667. The van der Waals surface area contributed by atoms with Crippen LogP contribution in [0.5, 0.6) is 0 Å². The molecule has 1 unspecified atom stereocenters. The summed E-state index contributed by atoms with van der Waals surface area (Å²) >= 11 is 1.39. The zero-order valence-corrected chi connectivity index (χ0v) is 12.4. The molecule has 0 aromatic carbocycles. The normalized spacial score (nSPS) is 13.1. The zero-order chi connectivity index (χ0) is 13.8. The van der Waals surface area contributed by atoms with E-state index in [1.54, 1.807) is 6.33 Å². The highest BCUT2D eigenvalue weighted by atomic mass is 32.1. The highest BCUT2D eigenvalue weighted by Gasteiger charge is 2.18.